The standard InChI is InChI=1S/C9H23NO7Si/c1-4-11-15-18(16-12-5-2,17-13-6-3)14-9-7-8-10/h4-10H2,1-3H3. The normalized spacial score (nSPS) is 12.0. The van der Waals surface area contributed by atoms with Crippen molar-refractivity contribution in [1.29, 1.82) is 0 Å². The third-order valence-electron chi connectivity index (χ3n) is 1.46. The van der Waals surface area contributed by atoms with Crippen LogP contribution in [0, 0.1) is 0 Å². The van der Waals surface area contributed by atoms with Crippen molar-refractivity contribution in [3.63, 3.8) is 0 Å². The maximum atomic E-state index is 5.39. The first-order chi connectivity index (χ1) is 8.74. The minimum Gasteiger partial charge on any atom is -0.347 e. The van der Waals surface area contributed by atoms with E-state index in [1.165, 1.54) is 0 Å². The van der Waals surface area contributed by atoms with Crippen molar-refractivity contribution in [1.82, 2.24) is 0 Å². The average molecular weight is 285 g/mol. The van der Waals surface area contributed by atoms with Crippen LogP contribution in [-0.4, -0.2) is 42.0 Å². The summed E-state index contributed by atoms with van der Waals surface area (Å²) < 4.78 is 20.4. The van der Waals surface area contributed by atoms with Gasteiger partial charge in [-0.2, -0.15) is 13.7 Å². The van der Waals surface area contributed by atoms with E-state index >= 15 is 0 Å². The summed E-state index contributed by atoms with van der Waals surface area (Å²) in [5.41, 5.74) is 5.38. The predicted octanol–water partition coefficient (Wildman–Crippen LogP) is 0.692. The molecule has 0 aromatic carbocycles. The molecule has 0 aliphatic rings. The molecule has 0 atom stereocenters. The molecule has 8 nitrogen and oxygen atoms in total. The van der Waals surface area contributed by atoms with E-state index in [9.17, 15) is 0 Å². The zero-order valence-corrected chi connectivity index (χ0v) is 12.2. The molecule has 0 heterocycles. The zero-order valence-electron chi connectivity index (χ0n) is 11.2. The average Bonchev–Trinajstić information content (AvgIpc) is 2.40. The Kier molecular flexibility index (Phi) is 11.9. The van der Waals surface area contributed by atoms with Gasteiger partial charge in [0.15, 0.2) is 0 Å². The minimum absolute atomic E-state index is 0.288. The first-order valence-corrected chi connectivity index (χ1v) is 7.63. The Balaban J connectivity index is 4.41. The molecule has 2 N–H and O–H groups in total. The molecule has 18 heavy (non-hydrogen) atoms. The van der Waals surface area contributed by atoms with Crippen LogP contribution in [0.25, 0.3) is 0 Å². The molecule has 0 fully saturated rings. The van der Waals surface area contributed by atoms with Crippen molar-refractivity contribution < 1.29 is 32.8 Å². The van der Waals surface area contributed by atoms with Crippen LogP contribution in [0.2, 0.25) is 0 Å². The maximum Gasteiger partial charge on any atom is 0.764 e. The second-order valence-corrected chi connectivity index (χ2v) is 4.75. The van der Waals surface area contributed by atoms with Crippen LogP contribution in [0.4, 0.5) is 0 Å². The monoisotopic (exact) mass is 285 g/mol. The van der Waals surface area contributed by atoms with Crippen LogP contribution in [0.15, 0.2) is 0 Å². The SMILES string of the molecule is CCOO[Si](OCCCN)(OOCC)OOCC. The molecule has 0 aliphatic heterocycles. The van der Waals surface area contributed by atoms with E-state index in [1.54, 1.807) is 20.8 Å². The van der Waals surface area contributed by atoms with Crippen LogP contribution in [-0.2, 0) is 32.8 Å². The minimum atomic E-state index is -3.62. The lowest BCUT2D eigenvalue weighted by atomic mass is 10.5. The largest absolute Gasteiger partial charge is 0.764 e. The summed E-state index contributed by atoms with van der Waals surface area (Å²) in [6.07, 6.45) is 0.620. The summed E-state index contributed by atoms with van der Waals surface area (Å²) in [7, 11) is -3.62. The first-order valence-electron chi connectivity index (χ1n) is 6.00. The van der Waals surface area contributed by atoms with Crippen molar-refractivity contribution in [2.45, 2.75) is 27.2 Å². The van der Waals surface area contributed by atoms with Crippen LogP contribution < -0.4 is 5.73 Å². The number of hydrogen-bond donors (Lipinski definition) is 1. The summed E-state index contributed by atoms with van der Waals surface area (Å²) in [6, 6.07) is 0. The molecular weight excluding hydrogens is 262 g/mol. The highest BCUT2D eigenvalue weighted by atomic mass is 28.4. The Morgan fingerprint density at radius 1 is 0.833 bits per heavy atom. The van der Waals surface area contributed by atoms with Crippen molar-refractivity contribution >= 4 is 9.05 Å². The van der Waals surface area contributed by atoms with Gasteiger partial charge in [0.05, 0.1) is 19.8 Å². The third-order valence-corrected chi connectivity index (χ3v) is 2.99. The predicted molar refractivity (Wildman–Crippen MR) is 63.5 cm³/mol. The van der Waals surface area contributed by atoms with Gasteiger partial charge in [0.2, 0.25) is 0 Å². The van der Waals surface area contributed by atoms with E-state index in [-0.39, 0.29) is 6.61 Å². The second-order valence-electron chi connectivity index (χ2n) is 2.96. The van der Waals surface area contributed by atoms with Crippen molar-refractivity contribution in [2.75, 3.05) is 33.0 Å². The fraction of sp³-hybridized carbons (Fsp3) is 1.00. The molecule has 0 spiro atoms. The fourth-order valence-electron chi connectivity index (χ4n) is 0.788. The second kappa shape index (κ2) is 12.0. The quantitative estimate of drug-likeness (QED) is 0.229. The number of rotatable bonds is 13. The molecule has 0 radical (unpaired) electrons. The maximum absolute atomic E-state index is 5.39. The Bertz CT molecular complexity index is 165. The first kappa shape index (κ1) is 17.9. The molecule has 0 amide bonds. The molecule has 0 saturated heterocycles. The van der Waals surface area contributed by atoms with Crippen molar-refractivity contribution in [3.8, 4) is 0 Å². The lowest BCUT2D eigenvalue weighted by Gasteiger charge is -2.23. The Morgan fingerprint density at radius 3 is 1.61 bits per heavy atom. The van der Waals surface area contributed by atoms with E-state index in [1.807, 2.05) is 0 Å². The molecule has 0 bridgehead atoms. The molecular formula is C9H23NO7Si. The topological polar surface area (TPSA) is 90.6 Å². The Hall–Kier alpha value is -0.103. The van der Waals surface area contributed by atoms with Gasteiger partial charge in [-0.05, 0) is 33.7 Å². The van der Waals surface area contributed by atoms with Gasteiger partial charge < -0.3 is 10.2 Å². The summed E-state index contributed by atoms with van der Waals surface area (Å²) in [4.78, 5) is 14.5. The van der Waals surface area contributed by atoms with E-state index in [4.69, 9.17) is 38.6 Å². The van der Waals surface area contributed by atoms with E-state index in [0.717, 1.165) is 0 Å². The summed E-state index contributed by atoms with van der Waals surface area (Å²) in [5.74, 6) is 0. The van der Waals surface area contributed by atoms with Gasteiger partial charge in [0, 0.05) is 6.61 Å². The Morgan fingerprint density at radius 2 is 1.28 bits per heavy atom. The molecule has 0 rings (SSSR count). The van der Waals surface area contributed by atoms with Gasteiger partial charge in [0.25, 0.3) is 0 Å². The van der Waals surface area contributed by atoms with Gasteiger partial charge in [-0.1, -0.05) is 0 Å². The van der Waals surface area contributed by atoms with Gasteiger partial charge in [-0.15, -0.1) is 0 Å². The van der Waals surface area contributed by atoms with Crippen molar-refractivity contribution in [2.24, 2.45) is 5.73 Å². The lowest BCUT2D eigenvalue weighted by molar-refractivity contribution is -0.385. The number of hydrogen-bond acceptors (Lipinski definition) is 8. The summed E-state index contributed by atoms with van der Waals surface area (Å²) in [6.45, 7) is 6.93. The third kappa shape index (κ3) is 8.08. The molecule has 0 aromatic heterocycles. The van der Waals surface area contributed by atoms with Crippen LogP contribution in [0.1, 0.15) is 27.2 Å². The highest BCUT2D eigenvalue weighted by Crippen LogP contribution is 2.14. The number of nitrogens with two attached hydrogens (primary N) is 1. The molecule has 0 unspecified atom stereocenters. The van der Waals surface area contributed by atoms with Crippen LogP contribution in [0.3, 0.4) is 0 Å². The molecule has 0 aliphatic carbocycles. The lowest BCUT2D eigenvalue weighted by Crippen LogP contribution is -2.49. The smallest absolute Gasteiger partial charge is 0.347 e. The molecule has 110 valence electrons. The van der Waals surface area contributed by atoms with Crippen LogP contribution >= 0.6 is 0 Å². The zero-order chi connectivity index (χ0) is 13.7. The van der Waals surface area contributed by atoms with E-state index in [0.29, 0.717) is 32.8 Å². The van der Waals surface area contributed by atoms with Crippen molar-refractivity contribution in [3.05, 3.63) is 0 Å². The van der Waals surface area contributed by atoms with E-state index < -0.39 is 9.05 Å². The van der Waals surface area contributed by atoms with Gasteiger partial charge in [0.1, 0.15) is 0 Å². The highest BCUT2D eigenvalue weighted by molar-refractivity contribution is 6.52. The highest BCUT2D eigenvalue weighted by Gasteiger charge is 2.52. The Labute approximate surface area is 108 Å². The van der Waals surface area contributed by atoms with Gasteiger partial charge in [-0.3, -0.25) is 0 Å². The molecule has 9 heteroatoms. The summed E-state index contributed by atoms with van der Waals surface area (Å²) in [5, 5.41) is 0. The van der Waals surface area contributed by atoms with Gasteiger partial charge in [-0.25, -0.2) is 14.7 Å². The fourth-order valence-corrected chi connectivity index (χ4v) is 2.20. The van der Waals surface area contributed by atoms with Gasteiger partial charge >= 0.3 is 9.05 Å². The van der Waals surface area contributed by atoms with E-state index in [2.05, 4.69) is 0 Å². The molecule has 0 aromatic rings. The van der Waals surface area contributed by atoms with Crippen LogP contribution in [0.5, 0.6) is 0 Å². The molecule has 0 saturated carbocycles. The summed E-state index contributed by atoms with van der Waals surface area (Å²) >= 11 is 0.